The average Bonchev–Trinajstić information content (AvgIpc) is 2.71. The lowest BCUT2D eigenvalue weighted by molar-refractivity contribution is -0.116. The Bertz CT molecular complexity index is 213. The molecule has 0 aromatic heterocycles. The zero-order chi connectivity index (χ0) is 6.97. The molecule has 2 rings (SSSR count). The van der Waals surface area contributed by atoms with Crippen LogP contribution in [0.5, 0.6) is 0 Å². The highest BCUT2D eigenvalue weighted by Gasteiger charge is 2.34. The molecule has 2 aliphatic rings. The minimum Gasteiger partial charge on any atom is -0.292 e. The molecule has 1 aliphatic heterocycles. The molecule has 0 aromatic carbocycles. The first-order valence-electron chi connectivity index (χ1n) is 3.61. The van der Waals surface area contributed by atoms with Gasteiger partial charge in [-0.05, 0) is 30.9 Å². The Morgan fingerprint density at radius 1 is 1.50 bits per heavy atom. The molecule has 1 aliphatic carbocycles. The zero-order valence-corrected chi connectivity index (χ0v) is 5.66. The molecule has 1 atom stereocenters. The Morgan fingerprint density at radius 2 is 2.30 bits per heavy atom. The van der Waals surface area contributed by atoms with Crippen LogP contribution in [0.25, 0.3) is 0 Å². The van der Waals surface area contributed by atoms with Gasteiger partial charge in [0.2, 0.25) is 0 Å². The van der Waals surface area contributed by atoms with Gasteiger partial charge in [-0.2, -0.15) is 0 Å². The second-order valence-electron chi connectivity index (χ2n) is 2.84. The van der Waals surface area contributed by atoms with Crippen LogP contribution in [-0.2, 0) is 4.79 Å². The molecule has 52 valence electrons. The van der Waals surface area contributed by atoms with Crippen LogP contribution in [0.3, 0.4) is 0 Å². The first kappa shape index (κ1) is 5.83. The number of carbonyl (C=O) groups excluding carboxylic acids is 1. The monoisotopic (exact) mass is 135 g/mol. The maximum absolute atomic E-state index is 11.1. The number of hydrogen-bond acceptors (Lipinski definition) is 2. The lowest BCUT2D eigenvalue weighted by atomic mass is 10.1. The fraction of sp³-hybridized carbons (Fsp3) is 0.500. The quantitative estimate of drug-likeness (QED) is 0.527. The average molecular weight is 135 g/mol. The van der Waals surface area contributed by atoms with E-state index >= 15 is 0 Å². The second-order valence-corrected chi connectivity index (χ2v) is 2.84. The molecule has 0 spiro atoms. The molecule has 2 nitrogen and oxygen atoms in total. The molecule has 1 heterocycles. The van der Waals surface area contributed by atoms with E-state index in [0.717, 1.165) is 0 Å². The van der Waals surface area contributed by atoms with Crippen LogP contribution in [-0.4, -0.2) is 18.0 Å². The highest BCUT2D eigenvalue weighted by Crippen LogP contribution is 2.35. The summed E-state index contributed by atoms with van der Waals surface area (Å²) in [5, 5.41) is 0. The highest BCUT2D eigenvalue weighted by atomic mass is 16.1. The van der Waals surface area contributed by atoms with Crippen molar-refractivity contribution in [1.82, 2.24) is 0 Å². The van der Waals surface area contributed by atoms with E-state index in [2.05, 4.69) is 4.99 Å². The van der Waals surface area contributed by atoms with E-state index in [1.807, 2.05) is 0 Å². The highest BCUT2D eigenvalue weighted by molar-refractivity contribution is 6.01. The molecule has 1 unspecified atom stereocenters. The third-order valence-electron chi connectivity index (χ3n) is 1.95. The van der Waals surface area contributed by atoms with Crippen molar-refractivity contribution in [2.45, 2.75) is 18.9 Å². The van der Waals surface area contributed by atoms with Crippen molar-refractivity contribution < 1.29 is 4.79 Å². The standard InChI is InChI=1S/C8H9NO/c10-7-2-1-5-9-8(7)6-3-4-6/h1-2,5-6,8H,3-4H2. The first-order chi connectivity index (χ1) is 4.88. The SMILES string of the molecule is O=C1C=CC=NC1C1CC1. The van der Waals surface area contributed by atoms with Gasteiger partial charge >= 0.3 is 0 Å². The van der Waals surface area contributed by atoms with Crippen molar-refractivity contribution in [2.75, 3.05) is 0 Å². The van der Waals surface area contributed by atoms with E-state index in [9.17, 15) is 4.79 Å². The summed E-state index contributed by atoms with van der Waals surface area (Å²) in [5.74, 6) is 0.749. The van der Waals surface area contributed by atoms with Crippen molar-refractivity contribution >= 4 is 12.0 Å². The van der Waals surface area contributed by atoms with E-state index in [-0.39, 0.29) is 11.8 Å². The molecule has 0 aromatic rings. The lowest BCUT2D eigenvalue weighted by Crippen LogP contribution is -2.20. The van der Waals surface area contributed by atoms with Crippen LogP contribution >= 0.6 is 0 Å². The number of hydrogen-bond donors (Lipinski definition) is 0. The summed E-state index contributed by atoms with van der Waals surface area (Å²) in [4.78, 5) is 15.2. The summed E-state index contributed by atoms with van der Waals surface area (Å²) in [6, 6.07) is -0.0231. The van der Waals surface area contributed by atoms with Crippen LogP contribution in [0.2, 0.25) is 0 Å². The van der Waals surface area contributed by atoms with Crippen molar-refractivity contribution in [3.05, 3.63) is 12.2 Å². The van der Waals surface area contributed by atoms with Gasteiger partial charge in [-0.1, -0.05) is 0 Å². The van der Waals surface area contributed by atoms with Crippen molar-refractivity contribution in [1.29, 1.82) is 0 Å². The molecule has 0 amide bonds. The summed E-state index contributed by atoms with van der Waals surface area (Å²) in [7, 11) is 0. The molecule has 0 saturated heterocycles. The zero-order valence-electron chi connectivity index (χ0n) is 5.66. The maximum Gasteiger partial charge on any atom is 0.180 e. The summed E-state index contributed by atoms with van der Waals surface area (Å²) >= 11 is 0. The summed E-state index contributed by atoms with van der Waals surface area (Å²) in [6.07, 6.45) is 7.42. The van der Waals surface area contributed by atoms with Gasteiger partial charge in [0.15, 0.2) is 5.78 Å². The summed E-state index contributed by atoms with van der Waals surface area (Å²) in [6.45, 7) is 0. The Labute approximate surface area is 59.6 Å². The van der Waals surface area contributed by atoms with Gasteiger partial charge < -0.3 is 0 Å². The van der Waals surface area contributed by atoms with Gasteiger partial charge in [0, 0.05) is 6.21 Å². The second kappa shape index (κ2) is 2.04. The number of ketones is 1. The molecule has 2 heteroatoms. The number of nitrogens with zero attached hydrogens (tertiary/aromatic N) is 1. The van der Waals surface area contributed by atoms with Gasteiger partial charge in [-0.15, -0.1) is 0 Å². The normalized spacial score (nSPS) is 31.2. The van der Waals surface area contributed by atoms with Gasteiger partial charge in [-0.3, -0.25) is 9.79 Å². The number of allylic oxidation sites excluding steroid dienone is 1. The molecule has 1 saturated carbocycles. The third kappa shape index (κ3) is 0.897. The number of rotatable bonds is 1. The molecular formula is C8H9NO. The number of dihydropyridines is 1. The fourth-order valence-corrected chi connectivity index (χ4v) is 1.22. The number of aliphatic imine (C=N–C) groups is 1. The predicted octanol–water partition coefficient (Wildman–Crippen LogP) is 0.975. The Kier molecular flexibility index (Phi) is 1.19. The topological polar surface area (TPSA) is 29.4 Å². The van der Waals surface area contributed by atoms with E-state index in [4.69, 9.17) is 0 Å². The Hall–Kier alpha value is -0.920. The largest absolute Gasteiger partial charge is 0.292 e. The van der Waals surface area contributed by atoms with Gasteiger partial charge in [0.25, 0.3) is 0 Å². The first-order valence-corrected chi connectivity index (χ1v) is 3.61. The summed E-state index contributed by atoms with van der Waals surface area (Å²) < 4.78 is 0. The predicted molar refractivity (Wildman–Crippen MR) is 39.2 cm³/mol. The molecule has 10 heavy (non-hydrogen) atoms. The van der Waals surface area contributed by atoms with Crippen molar-refractivity contribution in [2.24, 2.45) is 10.9 Å². The third-order valence-corrected chi connectivity index (χ3v) is 1.95. The molecule has 0 N–H and O–H groups in total. The lowest BCUT2D eigenvalue weighted by Gasteiger charge is -2.08. The molecule has 0 bridgehead atoms. The van der Waals surface area contributed by atoms with Crippen LogP contribution < -0.4 is 0 Å². The van der Waals surface area contributed by atoms with Crippen molar-refractivity contribution in [3.8, 4) is 0 Å². The van der Waals surface area contributed by atoms with Gasteiger partial charge in [-0.25, -0.2) is 0 Å². The van der Waals surface area contributed by atoms with Crippen LogP contribution in [0.1, 0.15) is 12.8 Å². The van der Waals surface area contributed by atoms with E-state index < -0.39 is 0 Å². The fourth-order valence-electron chi connectivity index (χ4n) is 1.22. The van der Waals surface area contributed by atoms with Crippen LogP contribution in [0, 0.1) is 5.92 Å². The number of carbonyl (C=O) groups is 1. The van der Waals surface area contributed by atoms with E-state index in [0.29, 0.717) is 5.92 Å². The smallest absolute Gasteiger partial charge is 0.180 e. The van der Waals surface area contributed by atoms with Gasteiger partial charge in [0.1, 0.15) is 6.04 Å². The van der Waals surface area contributed by atoms with Crippen LogP contribution in [0.4, 0.5) is 0 Å². The molecule has 0 radical (unpaired) electrons. The van der Waals surface area contributed by atoms with E-state index in [1.54, 1.807) is 18.4 Å². The Balaban J connectivity index is 2.13. The molecule has 1 fully saturated rings. The van der Waals surface area contributed by atoms with Crippen molar-refractivity contribution in [3.63, 3.8) is 0 Å². The maximum atomic E-state index is 11.1. The van der Waals surface area contributed by atoms with Crippen LogP contribution in [0.15, 0.2) is 17.1 Å². The minimum atomic E-state index is -0.0231. The Morgan fingerprint density at radius 3 is 2.90 bits per heavy atom. The minimum absolute atomic E-state index is 0.0231. The van der Waals surface area contributed by atoms with E-state index in [1.165, 1.54) is 12.8 Å². The molecular weight excluding hydrogens is 126 g/mol. The van der Waals surface area contributed by atoms with Gasteiger partial charge in [0.05, 0.1) is 0 Å². The summed E-state index contributed by atoms with van der Waals surface area (Å²) in [5.41, 5.74) is 0.